The number of nitriles is 1. The number of hydrogen-bond acceptors (Lipinski definition) is 7. The van der Waals surface area contributed by atoms with Crippen molar-refractivity contribution in [1.82, 2.24) is 25.1 Å². The fraction of sp³-hybridized carbons (Fsp3) is 0.480. The average molecular weight is 513 g/mol. The SMILES string of the molecule is CSCC[C@H](NC(=O)CN(Cc1ccc(C#N)cc1)C[C@@H]1CCCN1C(=O)Cc1c[nH]cn1)C(=O)O. The summed E-state index contributed by atoms with van der Waals surface area (Å²) in [6.45, 7) is 1.56. The molecule has 1 aliphatic rings. The highest BCUT2D eigenvalue weighted by molar-refractivity contribution is 7.98. The molecule has 2 heterocycles. The molecule has 1 aliphatic heterocycles. The van der Waals surface area contributed by atoms with Crippen LogP contribution in [0.3, 0.4) is 0 Å². The van der Waals surface area contributed by atoms with Gasteiger partial charge in [0.2, 0.25) is 11.8 Å². The van der Waals surface area contributed by atoms with Gasteiger partial charge in [-0.2, -0.15) is 17.0 Å². The molecule has 3 N–H and O–H groups in total. The number of aliphatic carboxylic acids is 1. The lowest BCUT2D eigenvalue weighted by molar-refractivity contribution is -0.142. The molecule has 2 amide bonds. The number of hydrogen-bond donors (Lipinski definition) is 3. The second kappa shape index (κ2) is 13.7. The first-order valence-corrected chi connectivity index (χ1v) is 13.3. The van der Waals surface area contributed by atoms with Gasteiger partial charge in [-0.15, -0.1) is 0 Å². The van der Waals surface area contributed by atoms with Crippen LogP contribution in [0.15, 0.2) is 36.8 Å². The van der Waals surface area contributed by atoms with Crippen molar-refractivity contribution in [3.63, 3.8) is 0 Å². The zero-order valence-electron chi connectivity index (χ0n) is 20.4. The number of imidazole rings is 1. The summed E-state index contributed by atoms with van der Waals surface area (Å²) in [6.07, 6.45) is 7.40. The quantitative estimate of drug-likeness (QED) is 0.368. The molecular formula is C25H32N6O4S. The third kappa shape index (κ3) is 8.10. The van der Waals surface area contributed by atoms with E-state index in [9.17, 15) is 19.5 Å². The minimum absolute atomic E-state index is 0.000938. The summed E-state index contributed by atoms with van der Waals surface area (Å²) in [6, 6.07) is 8.24. The van der Waals surface area contributed by atoms with Gasteiger partial charge in [0.15, 0.2) is 0 Å². The first kappa shape index (κ1) is 27.2. The number of rotatable bonds is 13. The normalized spacial score (nSPS) is 16.0. The number of carbonyl (C=O) groups excluding carboxylic acids is 2. The van der Waals surface area contributed by atoms with Crippen LogP contribution in [0.25, 0.3) is 0 Å². The lowest BCUT2D eigenvalue weighted by Crippen LogP contribution is -2.49. The number of likely N-dealkylation sites (tertiary alicyclic amines) is 1. The molecule has 36 heavy (non-hydrogen) atoms. The van der Waals surface area contributed by atoms with Crippen molar-refractivity contribution in [2.75, 3.05) is 31.6 Å². The number of nitrogens with zero attached hydrogens (tertiary/aromatic N) is 4. The molecule has 192 valence electrons. The van der Waals surface area contributed by atoms with Gasteiger partial charge in [-0.25, -0.2) is 9.78 Å². The number of aromatic nitrogens is 2. The summed E-state index contributed by atoms with van der Waals surface area (Å²) in [4.78, 5) is 48.2. The smallest absolute Gasteiger partial charge is 0.326 e. The van der Waals surface area contributed by atoms with Gasteiger partial charge in [-0.05, 0) is 49.0 Å². The number of aromatic amines is 1. The van der Waals surface area contributed by atoms with Crippen molar-refractivity contribution in [3.05, 3.63) is 53.6 Å². The molecule has 1 saturated heterocycles. The Morgan fingerprint density at radius 3 is 2.78 bits per heavy atom. The summed E-state index contributed by atoms with van der Waals surface area (Å²) >= 11 is 1.53. The van der Waals surface area contributed by atoms with Crippen LogP contribution in [0.1, 0.15) is 36.1 Å². The van der Waals surface area contributed by atoms with Crippen molar-refractivity contribution in [2.24, 2.45) is 0 Å². The first-order chi connectivity index (χ1) is 17.4. The molecule has 1 aromatic carbocycles. The Morgan fingerprint density at radius 2 is 2.14 bits per heavy atom. The molecule has 2 aromatic rings. The highest BCUT2D eigenvalue weighted by atomic mass is 32.2. The van der Waals surface area contributed by atoms with E-state index in [-0.39, 0.29) is 30.8 Å². The topological polar surface area (TPSA) is 142 Å². The van der Waals surface area contributed by atoms with Crippen LogP contribution in [0.5, 0.6) is 0 Å². The van der Waals surface area contributed by atoms with E-state index in [4.69, 9.17) is 5.26 Å². The third-order valence-electron chi connectivity index (χ3n) is 6.15. The van der Waals surface area contributed by atoms with E-state index in [2.05, 4.69) is 21.4 Å². The largest absolute Gasteiger partial charge is 0.480 e. The molecule has 0 spiro atoms. The second-order valence-electron chi connectivity index (χ2n) is 8.84. The maximum Gasteiger partial charge on any atom is 0.326 e. The number of amides is 2. The zero-order chi connectivity index (χ0) is 25.9. The Balaban J connectivity index is 1.70. The van der Waals surface area contributed by atoms with Crippen molar-refractivity contribution in [2.45, 2.75) is 44.3 Å². The number of H-pyrrole nitrogens is 1. The molecule has 0 bridgehead atoms. The van der Waals surface area contributed by atoms with Gasteiger partial charge < -0.3 is 20.3 Å². The van der Waals surface area contributed by atoms with Crippen molar-refractivity contribution in [3.8, 4) is 6.07 Å². The van der Waals surface area contributed by atoms with E-state index in [1.807, 2.05) is 28.2 Å². The predicted octanol–water partition coefficient (Wildman–Crippen LogP) is 1.64. The number of carboxylic acids is 1. The van der Waals surface area contributed by atoms with Gasteiger partial charge in [0.25, 0.3) is 0 Å². The van der Waals surface area contributed by atoms with Gasteiger partial charge in [-0.1, -0.05) is 12.1 Å². The molecule has 10 nitrogen and oxygen atoms in total. The van der Waals surface area contributed by atoms with Crippen LogP contribution in [-0.2, 0) is 27.3 Å². The van der Waals surface area contributed by atoms with Gasteiger partial charge in [0.1, 0.15) is 6.04 Å². The Labute approximate surface area is 215 Å². The minimum Gasteiger partial charge on any atom is -0.480 e. The summed E-state index contributed by atoms with van der Waals surface area (Å²) in [5, 5.41) is 21.2. The van der Waals surface area contributed by atoms with Gasteiger partial charge in [0.05, 0.1) is 36.6 Å². The number of carboxylic acid groups (broad SMARTS) is 1. The van der Waals surface area contributed by atoms with Gasteiger partial charge in [-0.3, -0.25) is 14.5 Å². The van der Waals surface area contributed by atoms with Gasteiger partial charge in [0, 0.05) is 31.9 Å². The molecule has 11 heteroatoms. The highest BCUT2D eigenvalue weighted by Crippen LogP contribution is 2.21. The van der Waals surface area contributed by atoms with Crippen molar-refractivity contribution >= 4 is 29.5 Å². The van der Waals surface area contributed by atoms with Crippen LogP contribution in [0.2, 0.25) is 0 Å². The fourth-order valence-corrected chi connectivity index (χ4v) is 4.83. The molecule has 1 fully saturated rings. The monoisotopic (exact) mass is 512 g/mol. The number of nitrogens with one attached hydrogen (secondary N) is 2. The van der Waals surface area contributed by atoms with E-state index in [1.165, 1.54) is 11.8 Å². The van der Waals surface area contributed by atoms with Crippen molar-refractivity contribution < 1.29 is 19.5 Å². The Morgan fingerprint density at radius 1 is 1.36 bits per heavy atom. The Hall–Kier alpha value is -3.36. The van der Waals surface area contributed by atoms with Gasteiger partial charge >= 0.3 is 5.97 Å². The van der Waals surface area contributed by atoms with Crippen LogP contribution < -0.4 is 5.32 Å². The summed E-state index contributed by atoms with van der Waals surface area (Å²) in [5.74, 6) is -0.802. The molecular weight excluding hydrogens is 480 g/mol. The van der Waals surface area contributed by atoms with Crippen LogP contribution in [-0.4, -0.2) is 86.4 Å². The molecule has 0 unspecified atom stereocenters. The summed E-state index contributed by atoms with van der Waals surface area (Å²) < 4.78 is 0. The number of carbonyl (C=O) groups is 3. The van der Waals surface area contributed by atoms with Crippen LogP contribution in [0.4, 0.5) is 0 Å². The van der Waals surface area contributed by atoms with E-state index in [0.29, 0.717) is 43.1 Å². The summed E-state index contributed by atoms with van der Waals surface area (Å²) in [7, 11) is 0. The molecule has 0 saturated carbocycles. The lowest BCUT2D eigenvalue weighted by Gasteiger charge is -2.31. The molecule has 0 radical (unpaired) electrons. The summed E-state index contributed by atoms with van der Waals surface area (Å²) in [5.41, 5.74) is 2.16. The van der Waals surface area contributed by atoms with Crippen LogP contribution >= 0.6 is 11.8 Å². The Kier molecular flexibility index (Phi) is 10.3. The lowest BCUT2D eigenvalue weighted by atomic mass is 10.1. The van der Waals surface area contributed by atoms with Crippen molar-refractivity contribution in [1.29, 1.82) is 5.26 Å². The number of thioether (sulfide) groups is 1. The fourth-order valence-electron chi connectivity index (χ4n) is 4.36. The second-order valence-corrected chi connectivity index (χ2v) is 9.82. The molecule has 1 aromatic heterocycles. The average Bonchev–Trinajstić information content (AvgIpc) is 3.54. The molecule has 2 atom stereocenters. The maximum absolute atomic E-state index is 13.0. The molecule has 0 aliphatic carbocycles. The Bertz CT molecular complexity index is 1050. The minimum atomic E-state index is -1.05. The van der Waals surface area contributed by atoms with E-state index < -0.39 is 12.0 Å². The third-order valence-corrected chi connectivity index (χ3v) is 6.80. The zero-order valence-corrected chi connectivity index (χ0v) is 21.2. The predicted molar refractivity (Wildman–Crippen MR) is 136 cm³/mol. The highest BCUT2D eigenvalue weighted by Gasteiger charge is 2.31. The maximum atomic E-state index is 13.0. The van der Waals surface area contributed by atoms with E-state index >= 15 is 0 Å². The first-order valence-electron chi connectivity index (χ1n) is 11.9. The van der Waals surface area contributed by atoms with Crippen LogP contribution in [0, 0.1) is 11.3 Å². The standard InChI is InChI=1S/C25H32N6O4S/c1-36-10-8-22(25(34)35)29-23(32)16-30(14-19-6-4-18(12-26)5-7-19)15-21-3-2-9-31(21)24(33)11-20-13-27-17-28-20/h4-7,13,17,21-22H,2-3,8-11,14-16H2,1H3,(H,27,28)(H,29,32)(H,34,35)/t21-,22-/m0/s1. The number of benzene rings is 1. The van der Waals surface area contributed by atoms with E-state index in [0.717, 1.165) is 18.4 Å². The van der Waals surface area contributed by atoms with E-state index in [1.54, 1.807) is 24.7 Å². The molecule has 3 rings (SSSR count).